The third-order valence-electron chi connectivity index (χ3n) is 7.83. The van der Waals surface area contributed by atoms with Crippen LogP contribution in [0, 0.1) is 29.1 Å². The molecule has 3 unspecified atom stereocenters. The van der Waals surface area contributed by atoms with Crippen LogP contribution in [0.2, 0.25) is 0 Å². The second kappa shape index (κ2) is 5.23. The van der Waals surface area contributed by atoms with Crippen molar-refractivity contribution in [3.63, 3.8) is 0 Å². The van der Waals surface area contributed by atoms with Gasteiger partial charge in [-0.25, -0.2) is 0 Å². The highest BCUT2D eigenvalue weighted by Gasteiger charge is 2.54. The van der Waals surface area contributed by atoms with Gasteiger partial charge in [-0.1, -0.05) is 6.92 Å². The third kappa shape index (κ3) is 2.37. The molecule has 21 heavy (non-hydrogen) atoms. The highest BCUT2D eigenvalue weighted by atomic mass is 15.2. The first-order valence-corrected chi connectivity index (χ1v) is 9.51. The van der Waals surface area contributed by atoms with Gasteiger partial charge in [0.1, 0.15) is 0 Å². The zero-order valence-corrected chi connectivity index (χ0v) is 14.3. The minimum atomic E-state index is 0.695. The molecule has 4 bridgehead atoms. The fourth-order valence-corrected chi connectivity index (χ4v) is 7.04. The zero-order chi connectivity index (χ0) is 14.6. The van der Waals surface area contributed by atoms with Gasteiger partial charge in [-0.2, -0.15) is 0 Å². The molecule has 5 aliphatic rings. The van der Waals surface area contributed by atoms with Gasteiger partial charge in [0.25, 0.3) is 0 Å². The first kappa shape index (κ1) is 14.5. The summed E-state index contributed by atoms with van der Waals surface area (Å²) in [5, 5.41) is 3.52. The quantitative estimate of drug-likeness (QED) is 0.855. The Kier molecular flexibility index (Phi) is 3.61. The van der Waals surface area contributed by atoms with E-state index in [0.717, 1.165) is 35.8 Å². The lowest BCUT2D eigenvalue weighted by Crippen LogP contribution is -2.59. The van der Waals surface area contributed by atoms with Gasteiger partial charge in [0, 0.05) is 18.6 Å². The molecule has 0 spiro atoms. The first-order valence-electron chi connectivity index (χ1n) is 9.51. The van der Waals surface area contributed by atoms with E-state index in [-0.39, 0.29) is 0 Å². The molecule has 5 fully saturated rings. The van der Waals surface area contributed by atoms with E-state index in [4.69, 9.17) is 0 Å². The summed E-state index contributed by atoms with van der Waals surface area (Å²) in [6, 6.07) is 1.57. The summed E-state index contributed by atoms with van der Waals surface area (Å²) in [4.78, 5) is 2.87. The molecule has 2 nitrogen and oxygen atoms in total. The first-order chi connectivity index (χ1) is 10.1. The normalized spacial score (nSPS) is 51.3. The molecule has 1 aliphatic heterocycles. The van der Waals surface area contributed by atoms with Gasteiger partial charge < -0.3 is 5.32 Å². The van der Waals surface area contributed by atoms with Gasteiger partial charge in [0.05, 0.1) is 0 Å². The predicted molar refractivity (Wildman–Crippen MR) is 88.3 cm³/mol. The Hall–Kier alpha value is -0.0800. The molecular formula is C19H34N2. The van der Waals surface area contributed by atoms with Crippen LogP contribution in [-0.4, -0.2) is 37.1 Å². The van der Waals surface area contributed by atoms with E-state index in [9.17, 15) is 0 Å². The number of piperidine rings is 1. The molecule has 0 aromatic rings. The molecule has 1 N–H and O–H groups in total. The SMILES string of the molecule is CNC1CCN(C(C)C23CC4CC(CC(C4)C2)C3)CC1C. The number of likely N-dealkylation sites (tertiary alicyclic amines) is 1. The molecule has 2 heteroatoms. The highest BCUT2D eigenvalue weighted by Crippen LogP contribution is 2.62. The Morgan fingerprint density at radius 3 is 2.10 bits per heavy atom. The second-order valence-corrected chi connectivity index (χ2v) is 9.11. The van der Waals surface area contributed by atoms with Crippen molar-refractivity contribution in [2.24, 2.45) is 29.1 Å². The van der Waals surface area contributed by atoms with Gasteiger partial charge in [-0.3, -0.25) is 4.90 Å². The van der Waals surface area contributed by atoms with Crippen LogP contribution >= 0.6 is 0 Å². The maximum Gasteiger partial charge on any atom is 0.0124 e. The lowest BCUT2D eigenvalue weighted by Gasteiger charge is -2.61. The molecule has 4 saturated carbocycles. The summed E-state index contributed by atoms with van der Waals surface area (Å²) in [7, 11) is 2.14. The van der Waals surface area contributed by atoms with Crippen molar-refractivity contribution in [1.29, 1.82) is 0 Å². The number of nitrogens with zero attached hydrogens (tertiary/aromatic N) is 1. The largest absolute Gasteiger partial charge is 0.317 e. The summed E-state index contributed by atoms with van der Waals surface area (Å²) < 4.78 is 0. The molecule has 0 aromatic carbocycles. The van der Waals surface area contributed by atoms with Gasteiger partial charge in [0.15, 0.2) is 0 Å². The second-order valence-electron chi connectivity index (χ2n) is 9.11. The van der Waals surface area contributed by atoms with Gasteiger partial charge >= 0.3 is 0 Å². The minimum absolute atomic E-state index is 0.695. The van der Waals surface area contributed by atoms with Crippen molar-refractivity contribution in [2.75, 3.05) is 20.1 Å². The van der Waals surface area contributed by atoms with E-state index in [2.05, 4.69) is 31.1 Å². The van der Waals surface area contributed by atoms with E-state index in [0.29, 0.717) is 5.41 Å². The molecule has 4 aliphatic carbocycles. The van der Waals surface area contributed by atoms with Crippen LogP contribution in [0.25, 0.3) is 0 Å². The van der Waals surface area contributed by atoms with Crippen LogP contribution in [0.15, 0.2) is 0 Å². The van der Waals surface area contributed by atoms with Crippen molar-refractivity contribution < 1.29 is 0 Å². The van der Waals surface area contributed by atoms with Crippen molar-refractivity contribution in [3.8, 4) is 0 Å². The van der Waals surface area contributed by atoms with Crippen LogP contribution in [0.1, 0.15) is 58.8 Å². The van der Waals surface area contributed by atoms with Crippen LogP contribution in [0.3, 0.4) is 0 Å². The van der Waals surface area contributed by atoms with Crippen LogP contribution in [0.4, 0.5) is 0 Å². The maximum absolute atomic E-state index is 3.52. The monoisotopic (exact) mass is 290 g/mol. The lowest BCUT2D eigenvalue weighted by atomic mass is 9.47. The summed E-state index contributed by atoms with van der Waals surface area (Å²) in [6.07, 6.45) is 10.7. The van der Waals surface area contributed by atoms with E-state index < -0.39 is 0 Å². The lowest BCUT2D eigenvalue weighted by molar-refractivity contribution is -0.103. The Balaban J connectivity index is 1.49. The Bertz CT molecular complexity index is 356. The fourth-order valence-electron chi connectivity index (χ4n) is 7.04. The van der Waals surface area contributed by atoms with Crippen molar-refractivity contribution >= 4 is 0 Å². The van der Waals surface area contributed by atoms with Crippen LogP contribution in [0.5, 0.6) is 0 Å². The summed E-state index contributed by atoms with van der Waals surface area (Å²) >= 11 is 0. The topological polar surface area (TPSA) is 15.3 Å². The molecule has 3 atom stereocenters. The molecule has 1 saturated heterocycles. The van der Waals surface area contributed by atoms with Crippen LogP contribution < -0.4 is 5.32 Å². The average molecular weight is 290 g/mol. The standard InChI is InChI=1S/C19H34N2/c1-13-12-21(5-4-18(13)20-3)14(2)19-9-15-6-16(10-19)8-17(7-15)11-19/h13-18,20H,4-12H2,1-3H3. The number of nitrogens with one attached hydrogen (secondary N) is 1. The van der Waals surface area contributed by atoms with Gasteiger partial charge in [-0.15, -0.1) is 0 Å². The molecule has 0 radical (unpaired) electrons. The third-order valence-corrected chi connectivity index (χ3v) is 7.83. The van der Waals surface area contributed by atoms with Gasteiger partial charge in [-0.05, 0) is 94.5 Å². The Morgan fingerprint density at radius 2 is 1.62 bits per heavy atom. The number of hydrogen-bond acceptors (Lipinski definition) is 2. The molecule has 1 heterocycles. The summed E-state index contributed by atoms with van der Waals surface area (Å²) in [5.74, 6) is 4.07. The van der Waals surface area contributed by atoms with E-state index in [1.807, 2.05) is 0 Å². The minimum Gasteiger partial charge on any atom is -0.317 e. The zero-order valence-electron chi connectivity index (χ0n) is 14.3. The fraction of sp³-hybridized carbons (Fsp3) is 1.00. The molecular weight excluding hydrogens is 256 g/mol. The highest BCUT2D eigenvalue weighted by molar-refractivity contribution is 5.06. The molecule has 0 aromatic heterocycles. The molecule has 0 amide bonds. The van der Waals surface area contributed by atoms with Crippen molar-refractivity contribution in [3.05, 3.63) is 0 Å². The van der Waals surface area contributed by atoms with Crippen molar-refractivity contribution in [2.45, 2.75) is 70.9 Å². The van der Waals surface area contributed by atoms with E-state index in [1.165, 1.54) is 19.5 Å². The van der Waals surface area contributed by atoms with Gasteiger partial charge in [0.2, 0.25) is 0 Å². The van der Waals surface area contributed by atoms with Crippen LogP contribution in [-0.2, 0) is 0 Å². The summed E-state index contributed by atoms with van der Waals surface area (Å²) in [5.41, 5.74) is 0.695. The number of hydrogen-bond donors (Lipinski definition) is 1. The number of rotatable bonds is 3. The maximum atomic E-state index is 3.52. The van der Waals surface area contributed by atoms with Crippen molar-refractivity contribution in [1.82, 2.24) is 10.2 Å². The summed E-state index contributed by atoms with van der Waals surface area (Å²) in [6.45, 7) is 7.66. The smallest absolute Gasteiger partial charge is 0.0124 e. The predicted octanol–water partition coefficient (Wildman–Crippen LogP) is 3.52. The molecule has 5 rings (SSSR count). The molecule has 120 valence electrons. The van der Waals surface area contributed by atoms with E-state index in [1.54, 1.807) is 38.5 Å². The van der Waals surface area contributed by atoms with E-state index >= 15 is 0 Å². The Labute approximate surface area is 131 Å². The average Bonchev–Trinajstić information content (AvgIpc) is 2.45. The Morgan fingerprint density at radius 1 is 1.05 bits per heavy atom.